The summed E-state index contributed by atoms with van der Waals surface area (Å²) in [4.78, 5) is 26.0. The molecule has 1 fully saturated rings. The number of rotatable bonds is 3. The summed E-state index contributed by atoms with van der Waals surface area (Å²) in [7, 11) is 0. The van der Waals surface area contributed by atoms with Crippen LogP contribution < -0.4 is 11.5 Å². The normalized spacial score (nSPS) is 22.0. The molecule has 6 heteroatoms. The molecule has 0 aromatic carbocycles. The molecule has 1 aromatic heterocycles. The lowest BCUT2D eigenvalue weighted by Gasteiger charge is -2.02. The second-order valence-corrected chi connectivity index (χ2v) is 3.25. The van der Waals surface area contributed by atoms with Crippen LogP contribution in [0.3, 0.4) is 0 Å². The molecule has 78 valence electrons. The minimum Gasteiger partial charge on any atom is -0.367 e. The van der Waals surface area contributed by atoms with Crippen LogP contribution in [0.4, 0.5) is 0 Å². The van der Waals surface area contributed by atoms with E-state index in [1.807, 2.05) is 0 Å². The van der Waals surface area contributed by atoms with Gasteiger partial charge in [0.05, 0.1) is 0 Å². The summed E-state index contributed by atoms with van der Waals surface area (Å²) < 4.78 is 5.02. The van der Waals surface area contributed by atoms with Crippen molar-refractivity contribution in [2.24, 2.45) is 11.5 Å². The number of aromatic nitrogens is 1. The second kappa shape index (κ2) is 3.03. The van der Waals surface area contributed by atoms with E-state index in [4.69, 9.17) is 16.2 Å². The first-order chi connectivity index (χ1) is 7.09. The quantitative estimate of drug-likeness (QED) is 0.482. The number of nitrogens with two attached hydrogens (primary N) is 2. The zero-order valence-corrected chi connectivity index (χ0v) is 7.71. The van der Waals surface area contributed by atoms with Gasteiger partial charge in [-0.15, -0.1) is 0 Å². The number of pyridine rings is 1. The van der Waals surface area contributed by atoms with E-state index in [1.54, 1.807) is 18.3 Å². The van der Waals surface area contributed by atoms with Gasteiger partial charge in [-0.25, -0.2) is 0 Å². The van der Waals surface area contributed by atoms with Crippen molar-refractivity contribution in [2.45, 2.75) is 11.7 Å². The molecule has 0 aliphatic carbocycles. The lowest BCUT2D eigenvalue weighted by Crippen LogP contribution is -2.44. The summed E-state index contributed by atoms with van der Waals surface area (Å²) >= 11 is 0. The van der Waals surface area contributed by atoms with Gasteiger partial charge in [0.1, 0.15) is 6.10 Å². The Labute approximate surface area is 85.2 Å². The molecule has 15 heavy (non-hydrogen) atoms. The van der Waals surface area contributed by atoms with Crippen LogP contribution >= 0.6 is 0 Å². The van der Waals surface area contributed by atoms with Gasteiger partial charge >= 0.3 is 0 Å². The van der Waals surface area contributed by atoms with Gasteiger partial charge in [-0.1, -0.05) is 6.07 Å². The van der Waals surface area contributed by atoms with Gasteiger partial charge in [0.2, 0.25) is 0 Å². The number of carbonyl (C=O) groups excluding carboxylic acids is 2. The van der Waals surface area contributed by atoms with Crippen LogP contribution in [0.25, 0.3) is 0 Å². The van der Waals surface area contributed by atoms with Crippen LogP contribution in [0.1, 0.15) is 11.7 Å². The summed E-state index contributed by atoms with van der Waals surface area (Å²) in [5.74, 6) is -1.74. The van der Waals surface area contributed by atoms with E-state index in [0.29, 0.717) is 5.56 Å². The highest BCUT2D eigenvalue weighted by molar-refractivity contribution is 6.10. The zero-order chi connectivity index (χ0) is 11.1. The fraction of sp³-hybridized carbons (Fsp3) is 0.222. The Hall–Kier alpha value is -1.95. The van der Waals surface area contributed by atoms with Gasteiger partial charge in [0, 0.05) is 18.0 Å². The molecule has 2 amide bonds. The number of hydrogen-bond donors (Lipinski definition) is 2. The van der Waals surface area contributed by atoms with Gasteiger partial charge in [0.15, 0.2) is 0 Å². The first-order valence-electron chi connectivity index (χ1n) is 4.26. The monoisotopic (exact) mass is 207 g/mol. The lowest BCUT2D eigenvalue weighted by molar-refractivity contribution is -0.133. The highest BCUT2D eigenvalue weighted by Crippen LogP contribution is 2.48. The fourth-order valence-electron chi connectivity index (χ4n) is 1.48. The van der Waals surface area contributed by atoms with E-state index in [9.17, 15) is 9.59 Å². The minimum absolute atomic E-state index is 0.607. The molecule has 1 unspecified atom stereocenters. The van der Waals surface area contributed by atoms with Crippen molar-refractivity contribution < 1.29 is 14.3 Å². The van der Waals surface area contributed by atoms with E-state index in [0.717, 1.165) is 0 Å². The number of epoxide rings is 1. The van der Waals surface area contributed by atoms with E-state index in [-0.39, 0.29) is 0 Å². The Kier molecular flexibility index (Phi) is 1.94. The number of primary amides is 2. The van der Waals surface area contributed by atoms with Gasteiger partial charge < -0.3 is 16.2 Å². The third kappa shape index (κ3) is 1.26. The summed E-state index contributed by atoms with van der Waals surface area (Å²) in [5, 5.41) is 0. The third-order valence-corrected chi connectivity index (χ3v) is 2.34. The lowest BCUT2D eigenvalue weighted by atomic mass is 9.99. The SMILES string of the molecule is NC(=O)C1(C(N)=O)OC1c1cccnc1. The van der Waals surface area contributed by atoms with Crippen molar-refractivity contribution >= 4 is 11.8 Å². The molecule has 1 aliphatic heterocycles. The Morgan fingerprint density at radius 1 is 1.40 bits per heavy atom. The van der Waals surface area contributed by atoms with Crippen molar-refractivity contribution in [1.82, 2.24) is 4.98 Å². The summed E-state index contributed by atoms with van der Waals surface area (Å²) in [6, 6.07) is 3.36. The van der Waals surface area contributed by atoms with E-state index < -0.39 is 23.5 Å². The molecular weight excluding hydrogens is 198 g/mol. The Morgan fingerprint density at radius 2 is 2.07 bits per heavy atom. The van der Waals surface area contributed by atoms with Gasteiger partial charge in [-0.2, -0.15) is 0 Å². The molecule has 0 saturated carbocycles. The van der Waals surface area contributed by atoms with Crippen LogP contribution in [0.15, 0.2) is 24.5 Å². The minimum atomic E-state index is -1.69. The maximum Gasteiger partial charge on any atom is 0.262 e. The standard InChI is InChI=1S/C9H9N3O3/c10-7(13)9(8(11)14)6(15-9)5-2-1-3-12-4-5/h1-4,6H,(H2,10,13)(H2,11,14). The number of carbonyl (C=O) groups is 2. The molecule has 2 heterocycles. The largest absolute Gasteiger partial charge is 0.367 e. The molecule has 0 spiro atoms. The van der Waals surface area contributed by atoms with Crippen molar-refractivity contribution in [3.8, 4) is 0 Å². The van der Waals surface area contributed by atoms with E-state index in [2.05, 4.69) is 4.98 Å². The second-order valence-electron chi connectivity index (χ2n) is 3.25. The molecular formula is C9H9N3O3. The molecule has 6 nitrogen and oxygen atoms in total. The van der Waals surface area contributed by atoms with Crippen molar-refractivity contribution in [1.29, 1.82) is 0 Å². The third-order valence-electron chi connectivity index (χ3n) is 2.34. The van der Waals surface area contributed by atoms with E-state index >= 15 is 0 Å². The number of amides is 2. The molecule has 0 bridgehead atoms. The predicted octanol–water partition coefficient (Wildman–Crippen LogP) is -1.14. The first kappa shape index (κ1) is 9.60. The summed E-state index contributed by atoms with van der Waals surface area (Å²) in [5.41, 5.74) is 9.07. The zero-order valence-electron chi connectivity index (χ0n) is 7.71. The van der Waals surface area contributed by atoms with Gasteiger partial charge in [-0.3, -0.25) is 14.6 Å². The maximum absolute atomic E-state index is 11.1. The van der Waals surface area contributed by atoms with Crippen LogP contribution in [0, 0.1) is 0 Å². The van der Waals surface area contributed by atoms with Crippen molar-refractivity contribution in [3.05, 3.63) is 30.1 Å². The predicted molar refractivity (Wildman–Crippen MR) is 49.2 cm³/mol. The highest BCUT2D eigenvalue weighted by atomic mass is 16.6. The number of hydrogen-bond acceptors (Lipinski definition) is 4. The Balaban J connectivity index is 2.31. The smallest absolute Gasteiger partial charge is 0.262 e. The fourth-order valence-corrected chi connectivity index (χ4v) is 1.48. The highest BCUT2D eigenvalue weighted by Gasteiger charge is 2.67. The molecule has 2 rings (SSSR count). The maximum atomic E-state index is 11.1. The summed E-state index contributed by atoms with van der Waals surface area (Å²) in [6.45, 7) is 0. The molecule has 0 radical (unpaired) electrons. The number of ether oxygens (including phenoxy) is 1. The Morgan fingerprint density at radius 3 is 2.47 bits per heavy atom. The van der Waals surface area contributed by atoms with Crippen LogP contribution in [-0.4, -0.2) is 22.4 Å². The average molecular weight is 207 g/mol. The van der Waals surface area contributed by atoms with Crippen LogP contribution in [0.2, 0.25) is 0 Å². The number of nitrogens with zero attached hydrogens (tertiary/aromatic N) is 1. The Bertz CT molecular complexity index is 404. The summed E-state index contributed by atoms with van der Waals surface area (Å²) in [6.07, 6.45) is 2.36. The van der Waals surface area contributed by atoms with Crippen molar-refractivity contribution in [3.63, 3.8) is 0 Å². The topological polar surface area (TPSA) is 112 Å². The molecule has 1 aromatic rings. The molecule has 1 saturated heterocycles. The molecule has 4 N–H and O–H groups in total. The van der Waals surface area contributed by atoms with Crippen LogP contribution in [-0.2, 0) is 14.3 Å². The van der Waals surface area contributed by atoms with Crippen molar-refractivity contribution in [2.75, 3.05) is 0 Å². The average Bonchev–Trinajstić information content (AvgIpc) is 2.95. The van der Waals surface area contributed by atoms with Crippen LogP contribution in [0.5, 0.6) is 0 Å². The molecule has 1 atom stereocenters. The first-order valence-corrected chi connectivity index (χ1v) is 4.26. The van der Waals surface area contributed by atoms with E-state index in [1.165, 1.54) is 6.20 Å². The van der Waals surface area contributed by atoms with Gasteiger partial charge in [0.25, 0.3) is 17.4 Å². The molecule has 1 aliphatic rings. The van der Waals surface area contributed by atoms with Gasteiger partial charge in [-0.05, 0) is 6.07 Å².